The summed E-state index contributed by atoms with van der Waals surface area (Å²) in [6.45, 7) is 3.87. The molecule has 1 heterocycles. The molecule has 66 valence electrons. The zero-order valence-corrected chi connectivity index (χ0v) is 7.35. The molecule has 0 aliphatic rings. The van der Waals surface area contributed by atoms with E-state index < -0.39 is 0 Å². The van der Waals surface area contributed by atoms with Crippen LogP contribution in [0.2, 0.25) is 0 Å². The molecule has 1 rings (SSSR count). The van der Waals surface area contributed by atoms with E-state index in [4.69, 9.17) is 0 Å². The van der Waals surface area contributed by atoms with Crippen molar-refractivity contribution in [2.45, 2.75) is 26.7 Å². The summed E-state index contributed by atoms with van der Waals surface area (Å²) < 4.78 is 0. The van der Waals surface area contributed by atoms with E-state index in [1.165, 1.54) is 0 Å². The van der Waals surface area contributed by atoms with Crippen molar-refractivity contribution in [3.8, 4) is 0 Å². The average molecular weight is 167 g/mol. The molecule has 1 amide bonds. The minimum atomic E-state index is 0.0323. The number of carbonyl (C=O) groups excluding carboxylic acids is 1. The van der Waals surface area contributed by atoms with Crippen LogP contribution in [0.3, 0.4) is 0 Å². The van der Waals surface area contributed by atoms with Gasteiger partial charge in [0, 0.05) is 12.0 Å². The number of nitrogens with zero attached hydrogens (tertiary/aromatic N) is 1. The van der Waals surface area contributed by atoms with E-state index in [9.17, 15) is 4.79 Å². The highest BCUT2D eigenvalue weighted by atomic mass is 16.1. The Kier molecular flexibility index (Phi) is 2.85. The van der Waals surface area contributed by atoms with E-state index in [0.717, 1.165) is 12.0 Å². The van der Waals surface area contributed by atoms with Crippen LogP contribution in [0, 0.1) is 6.92 Å². The number of hydrogen-bond donors (Lipinski definition) is 2. The van der Waals surface area contributed by atoms with Crippen molar-refractivity contribution < 1.29 is 4.79 Å². The molecule has 0 spiro atoms. The van der Waals surface area contributed by atoms with Gasteiger partial charge in [0.2, 0.25) is 5.91 Å². The molecule has 2 N–H and O–H groups in total. The molecule has 0 aromatic carbocycles. The van der Waals surface area contributed by atoms with E-state index in [1.807, 2.05) is 13.8 Å². The van der Waals surface area contributed by atoms with Crippen molar-refractivity contribution in [1.29, 1.82) is 0 Å². The van der Waals surface area contributed by atoms with Crippen LogP contribution in [-0.2, 0) is 4.79 Å². The molecule has 0 radical (unpaired) electrons. The molecule has 4 heteroatoms. The lowest BCUT2D eigenvalue weighted by Gasteiger charge is -2.00. The van der Waals surface area contributed by atoms with Gasteiger partial charge in [-0.3, -0.25) is 9.89 Å². The number of carbonyl (C=O) groups is 1. The lowest BCUT2D eigenvalue weighted by Crippen LogP contribution is -2.11. The number of hydrogen-bond acceptors (Lipinski definition) is 2. The van der Waals surface area contributed by atoms with Crippen LogP contribution < -0.4 is 5.32 Å². The lowest BCUT2D eigenvalue weighted by molar-refractivity contribution is -0.116. The zero-order valence-electron chi connectivity index (χ0n) is 7.35. The molecular formula is C8H13N3O. The van der Waals surface area contributed by atoms with Gasteiger partial charge in [-0.1, -0.05) is 6.92 Å². The zero-order chi connectivity index (χ0) is 8.97. The summed E-state index contributed by atoms with van der Waals surface area (Å²) in [4.78, 5) is 11.1. The molecule has 1 aromatic heterocycles. The van der Waals surface area contributed by atoms with Crippen molar-refractivity contribution >= 4 is 11.7 Å². The summed E-state index contributed by atoms with van der Waals surface area (Å²) >= 11 is 0. The fraction of sp³-hybridized carbons (Fsp3) is 0.500. The van der Waals surface area contributed by atoms with Crippen molar-refractivity contribution in [2.75, 3.05) is 5.32 Å². The average Bonchev–Trinajstić information content (AvgIpc) is 2.37. The van der Waals surface area contributed by atoms with Crippen LogP contribution in [0.15, 0.2) is 6.20 Å². The van der Waals surface area contributed by atoms with Gasteiger partial charge in [-0.2, -0.15) is 5.10 Å². The van der Waals surface area contributed by atoms with E-state index in [0.29, 0.717) is 12.2 Å². The summed E-state index contributed by atoms with van der Waals surface area (Å²) in [6.07, 6.45) is 3.10. The first-order valence-electron chi connectivity index (χ1n) is 4.04. The molecule has 0 saturated heterocycles. The van der Waals surface area contributed by atoms with Crippen molar-refractivity contribution in [1.82, 2.24) is 10.2 Å². The Morgan fingerprint density at radius 1 is 1.75 bits per heavy atom. The number of aromatic nitrogens is 2. The summed E-state index contributed by atoms with van der Waals surface area (Å²) in [5.74, 6) is 0.735. The van der Waals surface area contributed by atoms with Crippen LogP contribution in [0.5, 0.6) is 0 Å². The molecule has 0 unspecified atom stereocenters. The minimum absolute atomic E-state index is 0.0323. The van der Waals surface area contributed by atoms with E-state index >= 15 is 0 Å². The standard InChI is InChI=1S/C8H13N3O/c1-3-4-7(12)10-8-6(2)5-9-11-8/h5H,3-4H2,1-2H3,(H2,9,10,11,12). The number of aryl methyl sites for hydroxylation is 1. The first kappa shape index (κ1) is 8.77. The number of H-pyrrole nitrogens is 1. The maximum absolute atomic E-state index is 11.1. The van der Waals surface area contributed by atoms with Crippen LogP contribution in [-0.4, -0.2) is 16.1 Å². The third kappa shape index (κ3) is 2.08. The Labute approximate surface area is 71.4 Å². The molecule has 0 saturated carbocycles. The molecule has 0 bridgehead atoms. The second-order valence-electron chi connectivity index (χ2n) is 2.73. The first-order chi connectivity index (χ1) is 5.74. The molecule has 0 fully saturated rings. The Morgan fingerprint density at radius 2 is 2.50 bits per heavy atom. The monoisotopic (exact) mass is 167 g/mol. The van der Waals surface area contributed by atoms with Gasteiger partial charge in [0.05, 0.1) is 6.20 Å². The first-order valence-corrected chi connectivity index (χ1v) is 4.04. The third-order valence-electron chi connectivity index (χ3n) is 1.57. The smallest absolute Gasteiger partial charge is 0.225 e. The number of aromatic amines is 1. The number of anilines is 1. The van der Waals surface area contributed by atoms with Gasteiger partial charge in [0.15, 0.2) is 0 Å². The van der Waals surface area contributed by atoms with E-state index in [-0.39, 0.29) is 5.91 Å². The highest BCUT2D eigenvalue weighted by Crippen LogP contribution is 2.08. The third-order valence-corrected chi connectivity index (χ3v) is 1.57. The Bertz CT molecular complexity index is 267. The summed E-state index contributed by atoms with van der Waals surface area (Å²) in [5, 5.41) is 9.24. The number of rotatable bonds is 3. The fourth-order valence-electron chi connectivity index (χ4n) is 0.902. The van der Waals surface area contributed by atoms with Gasteiger partial charge in [-0.15, -0.1) is 0 Å². The van der Waals surface area contributed by atoms with Crippen LogP contribution in [0.1, 0.15) is 25.3 Å². The van der Waals surface area contributed by atoms with Crippen LogP contribution in [0.25, 0.3) is 0 Å². The fourth-order valence-corrected chi connectivity index (χ4v) is 0.902. The van der Waals surface area contributed by atoms with Gasteiger partial charge in [0.25, 0.3) is 0 Å². The minimum Gasteiger partial charge on any atom is -0.311 e. The molecular weight excluding hydrogens is 154 g/mol. The molecule has 0 atom stereocenters. The molecule has 4 nitrogen and oxygen atoms in total. The van der Waals surface area contributed by atoms with Crippen LogP contribution in [0.4, 0.5) is 5.82 Å². The summed E-state index contributed by atoms with van der Waals surface area (Å²) in [5.41, 5.74) is 0.958. The number of amides is 1. The highest BCUT2D eigenvalue weighted by molar-refractivity contribution is 5.90. The SMILES string of the molecule is CCCC(=O)Nc1[nH]ncc1C. The second-order valence-corrected chi connectivity index (χ2v) is 2.73. The maximum atomic E-state index is 11.1. The number of nitrogens with one attached hydrogen (secondary N) is 2. The Morgan fingerprint density at radius 3 is 3.00 bits per heavy atom. The highest BCUT2D eigenvalue weighted by Gasteiger charge is 2.03. The topological polar surface area (TPSA) is 57.8 Å². The van der Waals surface area contributed by atoms with Gasteiger partial charge in [0.1, 0.15) is 5.82 Å². The predicted molar refractivity (Wildman–Crippen MR) is 46.9 cm³/mol. The Balaban J connectivity index is 2.52. The molecule has 1 aromatic rings. The summed E-state index contributed by atoms with van der Waals surface area (Å²) in [6, 6.07) is 0. The molecule has 12 heavy (non-hydrogen) atoms. The largest absolute Gasteiger partial charge is 0.311 e. The van der Waals surface area contributed by atoms with Gasteiger partial charge in [-0.05, 0) is 13.3 Å². The quantitative estimate of drug-likeness (QED) is 0.716. The van der Waals surface area contributed by atoms with E-state index in [2.05, 4.69) is 15.5 Å². The molecule has 0 aliphatic heterocycles. The maximum Gasteiger partial charge on any atom is 0.225 e. The normalized spacial score (nSPS) is 9.83. The van der Waals surface area contributed by atoms with Gasteiger partial charge >= 0.3 is 0 Å². The van der Waals surface area contributed by atoms with Gasteiger partial charge < -0.3 is 5.32 Å². The van der Waals surface area contributed by atoms with Crippen molar-refractivity contribution in [3.05, 3.63) is 11.8 Å². The molecule has 0 aliphatic carbocycles. The van der Waals surface area contributed by atoms with Crippen molar-refractivity contribution in [3.63, 3.8) is 0 Å². The second kappa shape index (κ2) is 3.90. The predicted octanol–water partition coefficient (Wildman–Crippen LogP) is 1.46. The van der Waals surface area contributed by atoms with Gasteiger partial charge in [-0.25, -0.2) is 0 Å². The van der Waals surface area contributed by atoms with Crippen LogP contribution >= 0.6 is 0 Å². The summed E-state index contributed by atoms with van der Waals surface area (Å²) in [7, 11) is 0. The van der Waals surface area contributed by atoms with Crippen molar-refractivity contribution in [2.24, 2.45) is 0 Å². The Hall–Kier alpha value is -1.32. The van der Waals surface area contributed by atoms with E-state index in [1.54, 1.807) is 6.20 Å². The lowest BCUT2D eigenvalue weighted by atomic mass is 10.3.